The first-order chi connectivity index (χ1) is 14.0. The lowest BCUT2D eigenvalue weighted by molar-refractivity contribution is -0.127. The summed E-state index contributed by atoms with van der Waals surface area (Å²) in [6.45, 7) is 5.97. The molecule has 0 unspecified atom stereocenters. The van der Waals surface area contributed by atoms with Gasteiger partial charge >= 0.3 is 5.63 Å². The number of rotatable bonds is 8. The highest BCUT2D eigenvalue weighted by molar-refractivity contribution is 5.85. The number of fused-ring (bicyclic) bond motifs is 1. The topological polar surface area (TPSA) is 81.4 Å². The maximum atomic E-state index is 12.4. The molecule has 0 aliphatic heterocycles. The van der Waals surface area contributed by atoms with Crippen LogP contribution in [0.3, 0.4) is 0 Å². The van der Waals surface area contributed by atoms with E-state index in [0.717, 1.165) is 35.9 Å². The van der Waals surface area contributed by atoms with Crippen LogP contribution < -0.4 is 15.7 Å². The van der Waals surface area contributed by atoms with Crippen LogP contribution in [0.5, 0.6) is 5.75 Å². The molecule has 0 saturated heterocycles. The van der Waals surface area contributed by atoms with Gasteiger partial charge in [0, 0.05) is 23.2 Å². The van der Waals surface area contributed by atoms with Gasteiger partial charge in [-0.3, -0.25) is 9.78 Å². The lowest BCUT2D eigenvalue weighted by Crippen LogP contribution is -2.36. The number of ether oxygens (including phenoxy) is 1. The fourth-order valence-electron chi connectivity index (χ4n) is 3.18. The van der Waals surface area contributed by atoms with Gasteiger partial charge in [-0.15, -0.1) is 0 Å². The Labute approximate surface area is 169 Å². The van der Waals surface area contributed by atoms with Gasteiger partial charge < -0.3 is 14.5 Å². The second kappa shape index (κ2) is 9.37. The molecule has 29 heavy (non-hydrogen) atoms. The van der Waals surface area contributed by atoms with E-state index in [2.05, 4.69) is 17.2 Å². The number of hydrogen-bond acceptors (Lipinski definition) is 5. The van der Waals surface area contributed by atoms with Gasteiger partial charge in [0.15, 0.2) is 6.10 Å². The number of carbonyl (C=O) groups is 1. The Morgan fingerprint density at radius 2 is 2.10 bits per heavy atom. The molecule has 1 N–H and O–H groups in total. The van der Waals surface area contributed by atoms with Crippen LogP contribution in [-0.4, -0.2) is 17.0 Å². The van der Waals surface area contributed by atoms with Crippen molar-refractivity contribution in [2.24, 2.45) is 0 Å². The van der Waals surface area contributed by atoms with Gasteiger partial charge in [-0.05, 0) is 56.5 Å². The summed E-state index contributed by atoms with van der Waals surface area (Å²) in [5, 5.41) is 3.73. The molecule has 2 aromatic heterocycles. The third-order valence-corrected chi connectivity index (χ3v) is 4.84. The SMILES string of the molecule is CCCCc1cc(=O)oc2c(C)c(O[C@H](C)C(=O)NCc3ccccn3)ccc12. The summed E-state index contributed by atoms with van der Waals surface area (Å²) in [6.07, 6.45) is 3.86. The molecule has 6 heteroatoms. The van der Waals surface area contributed by atoms with E-state index in [4.69, 9.17) is 9.15 Å². The van der Waals surface area contributed by atoms with Gasteiger partial charge in [-0.2, -0.15) is 0 Å². The van der Waals surface area contributed by atoms with Gasteiger partial charge in [-0.1, -0.05) is 19.4 Å². The maximum absolute atomic E-state index is 12.4. The largest absolute Gasteiger partial charge is 0.480 e. The van der Waals surface area contributed by atoms with Crippen LogP contribution >= 0.6 is 0 Å². The summed E-state index contributed by atoms with van der Waals surface area (Å²) in [5.74, 6) is 0.280. The third kappa shape index (κ3) is 5.02. The molecule has 1 atom stereocenters. The summed E-state index contributed by atoms with van der Waals surface area (Å²) in [6, 6.07) is 10.8. The Hall–Kier alpha value is -3.15. The molecule has 2 heterocycles. The molecule has 6 nitrogen and oxygen atoms in total. The minimum Gasteiger partial charge on any atom is -0.480 e. The van der Waals surface area contributed by atoms with Gasteiger partial charge in [0.1, 0.15) is 11.3 Å². The molecule has 0 saturated carbocycles. The second-order valence-corrected chi connectivity index (χ2v) is 7.06. The van der Waals surface area contributed by atoms with Gasteiger partial charge in [0.25, 0.3) is 5.91 Å². The van der Waals surface area contributed by atoms with E-state index < -0.39 is 6.10 Å². The Morgan fingerprint density at radius 3 is 2.83 bits per heavy atom. The molecule has 0 bridgehead atoms. The van der Waals surface area contributed by atoms with E-state index in [0.29, 0.717) is 23.4 Å². The zero-order valence-corrected chi connectivity index (χ0v) is 17.0. The zero-order chi connectivity index (χ0) is 20.8. The van der Waals surface area contributed by atoms with E-state index in [-0.39, 0.29) is 11.5 Å². The Balaban J connectivity index is 1.76. The summed E-state index contributed by atoms with van der Waals surface area (Å²) in [5.41, 5.74) is 2.61. The molecule has 1 amide bonds. The molecular weight excluding hydrogens is 368 g/mol. The highest BCUT2D eigenvalue weighted by Crippen LogP contribution is 2.29. The minimum atomic E-state index is -0.704. The molecule has 3 aromatic rings. The molecule has 0 aliphatic rings. The number of aryl methyl sites for hydroxylation is 2. The summed E-state index contributed by atoms with van der Waals surface area (Å²) in [4.78, 5) is 28.6. The molecule has 1 aromatic carbocycles. The average Bonchev–Trinajstić information content (AvgIpc) is 2.73. The van der Waals surface area contributed by atoms with Crippen LogP contribution in [-0.2, 0) is 17.8 Å². The molecule has 0 spiro atoms. The predicted molar refractivity (Wildman–Crippen MR) is 112 cm³/mol. The highest BCUT2D eigenvalue weighted by Gasteiger charge is 2.18. The van der Waals surface area contributed by atoms with Crippen LogP contribution in [0.1, 0.15) is 43.5 Å². The second-order valence-electron chi connectivity index (χ2n) is 7.06. The third-order valence-electron chi connectivity index (χ3n) is 4.84. The summed E-state index contributed by atoms with van der Waals surface area (Å²) >= 11 is 0. The van der Waals surface area contributed by atoms with Gasteiger partial charge in [0.05, 0.1) is 12.2 Å². The lowest BCUT2D eigenvalue weighted by atomic mass is 10.0. The van der Waals surface area contributed by atoms with Crippen molar-refractivity contribution >= 4 is 16.9 Å². The molecule has 3 rings (SSSR count). The number of nitrogens with one attached hydrogen (secondary N) is 1. The number of pyridine rings is 1. The van der Waals surface area contributed by atoms with E-state index in [1.165, 1.54) is 0 Å². The summed E-state index contributed by atoms with van der Waals surface area (Å²) < 4.78 is 11.3. The van der Waals surface area contributed by atoms with Crippen molar-refractivity contribution in [3.05, 3.63) is 69.8 Å². The number of unbranched alkanes of at least 4 members (excludes halogenated alkanes) is 1. The van der Waals surface area contributed by atoms with Gasteiger partial charge in [-0.25, -0.2) is 4.79 Å². The number of benzene rings is 1. The first-order valence-electron chi connectivity index (χ1n) is 9.90. The van der Waals surface area contributed by atoms with Crippen LogP contribution in [0.15, 0.2) is 51.8 Å². The monoisotopic (exact) mass is 394 g/mol. The highest BCUT2D eigenvalue weighted by atomic mass is 16.5. The van der Waals surface area contributed by atoms with Crippen molar-refractivity contribution < 1.29 is 13.9 Å². The van der Waals surface area contributed by atoms with Crippen molar-refractivity contribution in [3.63, 3.8) is 0 Å². The fraction of sp³-hybridized carbons (Fsp3) is 0.348. The standard InChI is InChI=1S/C23H26N2O4/c1-4-5-8-17-13-21(26)29-22-15(2)20(11-10-19(17)22)28-16(3)23(27)25-14-18-9-6-7-12-24-18/h6-7,9-13,16H,4-5,8,14H2,1-3H3,(H,25,27)/t16-/m1/s1. The van der Waals surface area contributed by atoms with Gasteiger partial charge in [0.2, 0.25) is 0 Å². The van der Waals surface area contributed by atoms with Crippen LogP contribution in [0, 0.1) is 6.92 Å². The van der Waals surface area contributed by atoms with Crippen LogP contribution in [0.25, 0.3) is 11.0 Å². The zero-order valence-electron chi connectivity index (χ0n) is 17.0. The van der Waals surface area contributed by atoms with Crippen LogP contribution in [0.2, 0.25) is 0 Å². The van der Waals surface area contributed by atoms with E-state index in [9.17, 15) is 9.59 Å². The van der Waals surface area contributed by atoms with Crippen molar-refractivity contribution in [1.29, 1.82) is 0 Å². The number of nitrogens with zero attached hydrogens (tertiary/aromatic N) is 1. The lowest BCUT2D eigenvalue weighted by Gasteiger charge is -2.17. The Kier molecular flexibility index (Phi) is 6.65. The first-order valence-corrected chi connectivity index (χ1v) is 9.90. The number of aromatic nitrogens is 1. The predicted octanol–water partition coefficient (Wildman–Crippen LogP) is 3.92. The summed E-state index contributed by atoms with van der Waals surface area (Å²) in [7, 11) is 0. The normalized spacial score (nSPS) is 12.0. The molecule has 0 fully saturated rings. The van der Waals surface area contributed by atoms with E-state index in [1.54, 1.807) is 19.2 Å². The van der Waals surface area contributed by atoms with E-state index in [1.807, 2.05) is 37.3 Å². The average molecular weight is 394 g/mol. The molecule has 0 aliphatic carbocycles. The number of carbonyl (C=O) groups excluding carboxylic acids is 1. The van der Waals surface area contributed by atoms with Crippen molar-refractivity contribution in [1.82, 2.24) is 10.3 Å². The maximum Gasteiger partial charge on any atom is 0.336 e. The number of hydrogen-bond donors (Lipinski definition) is 1. The van der Waals surface area contributed by atoms with Crippen molar-refractivity contribution in [2.75, 3.05) is 0 Å². The Morgan fingerprint density at radius 1 is 1.28 bits per heavy atom. The van der Waals surface area contributed by atoms with Crippen molar-refractivity contribution in [2.45, 2.75) is 52.7 Å². The molecular formula is C23H26N2O4. The molecule has 0 radical (unpaired) electrons. The molecule has 152 valence electrons. The number of amides is 1. The Bertz CT molecular complexity index is 1040. The fourth-order valence-corrected chi connectivity index (χ4v) is 3.18. The quantitative estimate of drug-likeness (QED) is 0.586. The van der Waals surface area contributed by atoms with Crippen LogP contribution in [0.4, 0.5) is 0 Å². The van der Waals surface area contributed by atoms with E-state index >= 15 is 0 Å². The minimum absolute atomic E-state index is 0.242. The first kappa shape index (κ1) is 20.6. The van der Waals surface area contributed by atoms with Crippen molar-refractivity contribution in [3.8, 4) is 5.75 Å². The smallest absolute Gasteiger partial charge is 0.336 e.